The summed E-state index contributed by atoms with van der Waals surface area (Å²) in [6.07, 6.45) is 4.89. The molecule has 0 aromatic carbocycles. The molecule has 3 rings (SSSR count). The van der Waals surface area contributed by atoms with Gasteiger partial charge in [0.15, 0.2) is 0 Å². The van der Waals surface area contributed by atoms with Crippen LogP contribution >= 0.6 is 11.3 Å². The molecule has 1 aliphatic rings. The molecule has 0 aliphatic carbocycles. The van der Waals surface area contributed by atoms with Crippen molar-refractivity contribution in [3.05, 3.63) is 47.1 Å². The number of aryl methyl sites for hydroxylation is 1. The lowest BCUT2D eigenvalue weighted by molar-refractivity contribution is -0.126. The van der Waals surface area contributed by atoms with Crippen molar-refractivity contribution in [2.75, 3.05) is 19.6 Å². The minimum absolute atomic E-state index is 0.0711. The maximum Gasteiger partial charge on any atom is 0.252 e. The highest BCUT2D eigenvalue weighted by atomic mass is 32.2. The second-order valence-corrected chi connectivity index (χ2v) is 10.4. The topological polar surface area (TPSA) is 79.4 Å². The van der Waals surface area contributed by atoms with E-state index < -0.39 is 10.0 Å². The molecule has 1 amide bonds. The van der Waals surface area contributed by atoms with Crippen LogP contribution in [0.15, 0.2) is 40.9 Å². The maximum absolute atomic E-state index is 12.8. The van der Waals surface area contributed by atoms with Crippen LogP contribution in [0.5, 0.6) is 0 Å². The zero-order valence-corrected chi connectivity index (χ0v) is 17.2. The molecule has 0 bridgehead atoms. The molecule has 0 unspecified atom stereocenters. The molecular formula is C19H25N3O3S2. The molecule has 6 nitrogen and oxygen atoms in total. The van der Waals surface area contributed by atoms with E-state index in [4.69, 9.17) is 0 Å². The number of nitrogens with one attached hydrogen (secondary N) is 1. The Hall–Kier alpha value is -1.77. The lowest BCUT2D eigenvalue weighted by Crippen LogP contribution is -2.45. The van der Waals surface area contributed by atoms with E-state index in [2.05, 4.69) is 10.3 Å². The van der Waals surface area contributed by atoms with Gasteiger partial charge < -0.3 is 5.32 Å². The maximum atomic E-state index is 12.8. The molecule has 27 heavy (non-hydrogen) atoms. The summed E-state index contributed by atoms with van der Waals surface area (Å²) in [6, 6.07) is 7.34. The Bertz CT molecular complexity index is 881. The number of piperidine rings is 1. The van der Waals surface area contributed by atoms with E-state index >= 15 is 0 Å². The van der Waals surface area contributed by atoms with Gasteiger partial charge in [0.2, 0.25) is 5.91 Å². The Balaban J connectivity index is 1.59. The minimum Gasteiger partial charge on any atom is -0.355 e. The van der Waals surface area contributed by atoms with E-state index in [9.17, 15) is 13.2 Å². The predicted molar refractivity (Wildman–Crippen MR) is 106 cm³/mol. The van der Waals surface area contributed by atoms with Gasteiger partial charge in [-0.1, -0.05) is 6.92 Å². The van der Waals surface area contributed by atoms with Gasteiger partial charge in [0.25, 0.3) is 10.0 Å². The number of thiophene rings is 1. The molecule has 1 fully saturated rings. The first-order chi connectivity index (χ1) is 12.9. The Morgan fingerprint density at radius 2 is 2.07 bits per heavy atom. The SMILES string of the molecule is Cc1ccc(S(=O)(=O)N2CCC[C@H](C(=O)NC[C@@H](C)c3ccncc3)C2)s1. The highest BCUT2D eigenvalue weighted by Gasteiger charge is 2.34. The summed E-state index contributed by atoms with van der Waals surface area (Å²) in [4.78, 5) is 17.6. The monoisotopic (exact) mass is 407 g/mol. The quantitative estimate of drug-likeness (QED) is 0.799. The van der Waals surface area contributed by atoms with Crippen molar-refractivity contribution in [3.8, 4) is 0 Å². The van der Waals surface area contributed by atoms with Crippen LogP contribution in [0.4, 0.5) is 0 Å². The Labute approximate surface area is 164 Å². The third-order valence-corrected chi connectivity index (χ3v) is 8.26. The fraction of sp³-hybridized carbons (Fsp3) is 0.474. The van der Waals surface area contributed by atoms with E-state index in [-0.39, 0.29) is 24.3 Å². The van der Waals surface area contributed by atoms with E-state index in [1.54, 1.807) is 18.5 Å². The molecule has 1 aliphatic heterocycles. The number of carbonyl (C=O) groups is 1. The predicted octanol–water partition coefficient (Wildman–Crippen LogP) is 2.77. The summed E-state index contributed by atoms with van der Waals surface area (Å²) in [5.41, 5.74) is 1.12. The summed E-state index contributed by atoms with van der Waals surface area (Å²) in [7, 11) is -3.52. The van der Waals surface area contributed by atoms with E-state index in [1.165, 1.54) is 15.6 Å². The third kappa shape index (κ3) is 4.75. The van der Waals surface area contributed by atoms with Crippen molar-refractivity contribution >= 4 is 27.3 Å². The molecule has 1 N–H and O–H groups in total. The highest BCUT2D eigenvalue weighted by molar-refractivity contribution is 7.91. The number of hydrogen-bond acceptors (Lipinski definition) is 5. The van der Waals surface area contributed by atoms with Crippen LogP contribution < -0.4 is 5.32 Å². The first-order valence-corrected chi connectivity index (χ1v) is 11.4. The van der Waals surface area contributed by atoms with Crippen LogP contribution in [0, 0.1) is 12.8 Å². The number of carbonyl (C=O) groups excluding carboxylic acids is 1. The number of aromatic nitrogens is 1. The molecule has 2 aromatic heterocycles. The van der Waals surface area contributed by atoms with Gasteiger partial charge in [0, 0.05) is 36.9 Å². The second-order valence-electron chi connectivity index (χ2n) is 6.99. The fourth-order valence-corrected chi connectivity index (χ4v) is 6.22. The number of rotatable bonds is 6. The third-order valence-electron chi connectivity index (χ3n) is 4.92. The first-order valence-electron chi connectivity index (χ1n) is 9.12. The van der Waals surface area contributed by atoms with Crippen LogP contribution in [0.3, 0.4) is 0 Å². The van der Waals surface area contributed by atoms with E-state index in [1.807, 2.05) is 32.0 Å². The molecule has 2 aromatic rings. The number of pyridine rings is 1. The number of hydrogen-bond donors (Lipinski definition) is 1. The molecule has 0 spiro atoms. The normalized spacial score (nSPS) is 19.6. The van der Waals surface area contributed by atoms with Crippen molar-refractivity contribution in [2.24, 2.45) is 5.92 Å². The average Bonchev–Trinajstić information content (AvgIpc) is 3.14. The summed E-state index contributed by atoms with van der Waals surface area (Å²) in [5.74, 6) is -0.202. The van der Waals surface area contributed by atoms with Gasteiger partial charge in [0.05, 0.1) is 5.92 Å². The van der Waals surface area contributed by atoms with Crippen molar-refractivity contribution in [1.82, 2.24) is 14.6 Å². The number of nitrogens with zero attached hydrogens (tertiary/aromatic N) is 2. The van der Waals surface area contributed by atoms with Gasteiger partial charge >= 0.3 is 0 Å². The molecular weight excluding hydrogens is 382 g/mol. The zero-order valence-electron chi connectivity index (χ0n) is 15.6. The van der Waals surface area contributed by atoms with Crippen LogP contribution in [0.1, 0.15) is 36.1 Å². The van der Waals surface area contributed by atoms with Crippen molar-refractivity contribution in [3.63, 3.8) is 0 Å². The Kier molecular flexibility index (Phi) is 6.29. The average molecular weight is 408 g/mol. The van der Waals surface area contributed by atoms with Gasteiger partial charge in [-0.25, -0.2) is 8.42 Å². The second kappa shape index (κ2) is 8.50. The summed E-state index contributed by atoms with van der Waals surface area (Å²) in [6.45, 7) is 5.17. The molecule has 1 saturated heterocycles. The molecule has 2 atom stereocenters. The zero-order chi connectivity index (χ0) is 19.4. The highest BCUT2D eigenvalue weighted by Crippen LogP contribution is 2.28. The minimum atomic E-state index is -3.52. The molecule has 0 radical (unpaired) electrons. The standard InChI is InChI=1S/C19H25N3O3S2/c1-14(16-7-9-20-10-8-16)12-21-19(23)17-4-3-11-22(13-17)27(24,25)18-6-5-15(2)26-18/h5-10,14,17H,3-4,11-13H2,1-2H3,(H,21,23)/t14-,17+/m1/s1. The van der Waals surface area contributed by atoms with Crippen molar-refractivity contribution < 1.29 is 13.2 Å². The van der Waals surface area contributed by atoms with Crippen LogP contribution in [-0.2, 0) is 14.8 Å². The number of sulfonamides is 1. The van der Waals surface area contributed by atoms with E-state index in [0.29, 0.717) is 30.1 Å². The van der Waals surface area contributed by atoms with E-state index in [0.717, 1.165) is 10.4 Å². The lowest BCUT2D eigenvalue weighted by Gasteiger charge is -2.31. The van der Waals surface area contributed by atoms with Gasteiger partial charge in [-0.15, -0.1) is 11.3 Å². The van der Waals surface area contributed by atoms with Crippen molar-refractivity contribution in [1.29, 1.82) is 0 Å². The summed E-state index contributed by atoms with van der Waals surface area (Å²) < 4.78 is 27.4. The summed E-state index contributed by atoms with van der Waals surface area (Å²) in [5, 5.41) is 2.99. The largest absolute Gasteiger partial charge is 0.355 e. The Morgan fingerprint density at radius 1 is 1.33 bits per heavy atom. The Morgan fingerprint density at radius 3 is 2.74 bits per heavy atom. The lowest BCUT2D eigenvalue weighted by atomic mass is 9.98. The number of amides is 1. The molecule has 146 valence electrons. The smallest absolute Gasteiger partial charge is 0.252 e. The van der Waals surface area contributed by atoms with Crippen molar-refractivity contribution in [2.45, 2.75) is 36.8 Å². The van der Waals surface area contributed by atoms with Crippen LogP contribution in [-0.4, -0.2) is 43.2 Å². The molecule has 3 heterocycles. The van der Waals surface area contributed by atoms with Gasteiger partial charge in [-0.2, -0.15) is 4.31 Å². The molecule has 8 heteroatoms. The summed E-state index contributed by atoms with van der Waals surface area (Å²) >= 11 is 1.27. The van der Waals surface area contributed by atoms with Gasteiger partial charge in [-0.05, 0) is 55.5 Å². The fourth-order valence-electron chi connectivity index (χ4n) is 3.26. The van der Waals surface area contributed by atoms with Gasteiger partial charge in [-0.3, -0.25) is 9.78 Å². The van der Waals surface area contributed by atoms with Crippen LogP contribution in [0.25, 0.3) is 0 Å². The first kappa shape index (κ1) is 20.0. The molecule has 0 saturated carbocycles. The van der Waals surface area contributed by atoms with Crippen LogP contribution in [0.2, 0.25) is 0 Å². The van der Waals surface area contributed by atoms with Gasteiger partial charge in [0.1, 0.15) is 4.21 Å².